The van der Waals surface area contributed by atoms with E-state index in [-0.39, 0.29) is 5.71 Å². The average Bonchev–Trinajstić information content (AvgIpc) is 2.86. The summed E-state index contributed by atoms with van der Waals surface area (Å²) < 4.78 is 5.25. The molecule has 0 aromatic carbocycles. The fourth-order valence-corrected chi connectivity index (χ4v) is 2.42. The third-order valence-electron chi connectivity index (χ3n) is 2.40. The monoisotopic (exact) mass is 271 g/mol. The minimum atomic E-state index is -1.16. The summed E-state index contributed by atoms with van der Waals surface area (Å²) >= 11 is 1.39. The fourth-order valence-electron chi connectivity index (χ4n) is 1.56. The first kappa shape index (κ1) is 12.8. The Morgan fingerprint density at radius 2 is 2.33 bits per heavy atom. The Bertz CT molecular complexity index is 454. The third-order valence-corrected chi connectivity index (χ3v) is 3.30. The lowest BCUT2D eigenvalue weighted by Crippen LogP contribution is -2.36. The van der Waals surface area contributed by atoms with Gasteiger partial charge in [0.25, 0.3) is 0 Å². The second kappa shape index (κ2) is 5.78. The van der Waals surface area contributed by atoms with Crippen molar-refractivity contribution in [2.75, 3.05) is 38.3 Å². The predicted molar refractivity (Wildman–Crippen MR) is 66.3 cm³/mol. The number of carboxylic acids is 1. The molecule has 8 heteroatoms. The van der Waals surface area contributed by atoms with E-state index < -0.39 is 5.97 Å². The lowest BCUT2D eigenvalue weighted by Gasteiger charge is -2.25. The van der Waals surface area contributed by atoms with Crippen molar-refractivity contribution in [3.8, 4) is 0 Å². The van der Waals surface area contributed by atoms with Crippen molar-refractivity contribution in [3.05, 3.63) is 11.1 Å². The molecule has 0 radical (unpaired) electrons. The normalized spacial score (nSPS) is 16.7. The standard InChI is InChI=1S/C10H13N3O4S/c1-16-12-8(9(14)15)7-6-18-10(11-7)13-2-4-17-5-3-13/h6H,2-5H2,1H3,(H,14,15). The largest absolute Gasteiger partial charge is 0.476 e. The molecule has 0 saturated carbocycles. The number of morpholine rings is 1. The van der Waals surface area contributed by atoms with Crippen LogP contribution in [0.4, 0.5) is 5.13 Å². The van der Waals surface area contributed by atoms with Gasteiger partial charge in [-0.1, -0.05) is 5.16 Å². The molecule has 0 amide bonds. The predicted octanol–water partition coefficient (Wildman–Crippen LogP) is 0.415. The number of rotatable bonds is 4. The molecule has 2 rings (SSSR count). The summed E-state index contributed by atoms with van der Waals surface area (Å²) in [7, 11) is 1.30. The van der Waals surface area contributed by atoms with Crippen LogP contribution < -0.4 is 4.90 Å². The Morgan fingerprint density at radius 1 is 1.61 bits per heavy atom. The summed E-state index contributed by atoms with van der Waals surface area (Å²) in [6.45, 7) is 2.84. The molecular weight excluding hydrogens is 258 g/mol. The molecule has 0 atom stereocenters. The minimum Gasteiger partial charge on any atom is -0.476 e. The summed E-state index contributed by atoms with van der Waals surface area (Å²) in [5.41, 5.74) is 0.129. The molecule has 1 saturated heterocycles. The zero-order valence-electron chi connectivity index (χ0n) is 9.83. The van der Waals surface area contributed by atoms with Gasteiger partial charge in [0.1, 0.15) is 12.8 Å². The van der Waals surface area contributed by atoms with Gasteiger partial charge in [-0.2, -0.15) is 0 Å². The quantitative estimate of drug-likeness (QED) is 0.631. The van der Waals surface area contributed by atoms with Crippen molar-refractivity contribution in [1.82, 2.24) is 4.98 Å². The van der Waals surface area contributed by atoms with Crippen molar-refractivity contribution in [1.29, 1.82) is 0 Å². The number of aliphatic carboxylic acids is 1. The number of carboxylic acid groups (broad SMARTS) is 1. The van der Waals surface area contributed by atoms with Crippen molar-refractivity contribution in [3.63, 3.8) is 0 Å². The van der Waals surface area contributed by atoms with Crippen molar-refractivity contribution >= 4 is 28.1 Å². The van der Waals surface area contributed by atoms with E-state index in [1.165, 1.54) is 18.4 Å². The van der Waals surface area contributed by atoms with Crippen LogP contribution in [0.2, 0.25) is 0 Å². The highest BCUT2D eigenvalue weighted by Crippen LogP contribution is 2.22. The molecule has 0 bridgehead atoms. The second-order valence-electron chi connectivity index (χ2n) is 3.54. The Kier molecular flexibility index (Phi) is 4.11. The smallest absolute Gasteiger partial charge is 0.360 e. The van der Waals surface area contributed by atoms with Gasteiger partial charge < -0.3 is 19.6 Å². The highest BCUT2D eigenvalue weighted by molar-refractivity contribution is 7.14. The SMILES string of the molecule is CON=C(C(=O)O)c1csc(N2CCOCC2)n1. The van der Waals surface area contributed by atoms with Gasteiger partial charge in [0.2, 0.25) is 5.71 Å². The first-order valence-corrected chi connectivity index (χ1v) is 6.23. The highest BCUT2D eigenvalue weighted by atomic mass is 32.1. The number of ether oxygens (including phenoxy) is 1. The molecule has 1 aliphatic rings. The zero-order chi connectivity index (χ0) is 13.0. The van der Waals surface area contributed by atoms with Crippen LogP contribution in [0.15, 0.2) is 10.5 Å². The molecule has 18 heavy (non-hydrogen) atoms. The molecule has 7 nitrogen and oxygen atoms in total. The van der Waals surface area contributed by atoms with E-state index in [0.29, 0.717) is 18.9 Å². The number of nitrogens with zero attached hydrogens (tertiary/aromatic N) is 3. The molecule has 0 unspecified atom stereocenters. The van der Waals surface area contributed by atoms with E-state index in [1.54, 1.807) is 5.38 Å². The molecule has 1 fully saturated rings. The van der Waals surface area contributed by atoms with Crippen LogP contribution in [0.25, 0.3) is 0 Å². The molecule has 2 heterocycles. The minimum absolute atomic E-state index is 0.187. The molecular formula is C10H13N3O4S. The molecule has 1 aromatic rings. The summed E-state index contributed by atoms with van der Waals surface area (Å²) in [5, 5.41) is 14.9. The van der Waals surface area contributed by atoms with Gasteiger partial charge in [0.15, 0.2) is 5.13 Å². The van der Waals surface area contributed by atoms with Gasteiger partial charge in [-0.3, -0.25) is 0 Å². The zero-order valence-corrected chi connectivity index (χ0v) is 10.6. The molecule has 98 valence electrons. The Balaban J connectivity index is 2.18. The maximum Gasteiger partial charge on any atom is 0.360 e. The van der Waals surface area contributed by atoms with Gasteiger partial charge in [0.05, 0.1) is 13.2 Å². The Morgan fingerprint density at radius 3 is 2.94 bits per heavy atom. The van der Waals surface area contributed by atoms with Crippen LogP contribution in [-0.2, 0) is 14.4 Å². The highest BCUT2D eigenvalue weighted by Gasteiger charge is 2.20. The molecule has 0 spiro atoms. The second-order valence-corrected chi connectivity index (χ2v) is 4.38. The number of anilines is 1. The van der Waals surface area contributed by atoms with E-state index in [1.807, 2.05) is 0 Å². The van der Waals surface area contributed by atoms with Crippen molar-refractivity contribution < 1.29 is 19.5 Å². The van der Waals surface area contributed by atoms with Crippen LogP contribution >= 0.6 is 11.3 Å². The molecule has 1 aliphatic heterocycles. The van der Waals surface area contributed by atoms with E-state index in [0.717, 1.165) is 18.2 Å². The van der Waals surface area contributed by atoms with E-state index in [4.69, 9.17) is 9.84 Å². The van der Waals surface area contributed by atoms with E-state index >= 15 is 0 Å². The Hall–Kier alpha value is -1.67. The van der Waals surface area contributed by atoms with Crippen LogP contribution in [0, 0.1) is 0 Å². The van der Waals surface area contributed by atoms with Crippen LogP contribution in [-0.4, -0.2) is 55.2 Å². The lowest BCUT2D eigenvalue weighted by atomic mass is 10.3. The summed E-state index contributed by atoms with van der Waals surface area (Å²) in [6, 6.07) is 0. The lowest BCUT2D eigenvalue weighted by molar-refractivity contribution is -0.129. The van der Waals surface area contributed by atoms with E-state index in [9.17, 15) is 4.79 Å². The van der Waals surface area contributed by atoms with Gasteiger partial charge in [-0.15, -0.1) is 11.3 Å². The number of carbonyl (C=O) groups is 1. The summed E-state index contributed by atoms with van der Waals surface area (Å²) in [4.78, 5) is 21.8. The van der Waals surface area contributed by atoms with Gasteiger partial charge in [0, 0.05) is 18.5 Å². The number of hydrogen-bond donors (Lipinski definition) is 1. The number of thiazole rings is 1. The summed E-state index contributed by atoms with van der Waals surface area (Å²) in [6.07, 6.45) is 0. The number of aromatic nitrogens is 1. The van der Waals surface area contributed by atoms with Gasteiger partial charge in [-0.25, -0.2) is 9.78 Å². The Labute approximate surface area is 108 Å². The first-order chi connectivity index (χ1) is 8.72. The molecule has 1 N–H and O–H groups in total. The first-order valence-electron chi connectivity index (χ1n) is 5.35. The van der Waals surface area contributed by atoms with Crippen LogP contribution in [0.5, 0.6) is 0 Å². The third kappa shape index (κ3) is 2.77. The molecule has 1 aromatic heterocycles. The topological polar surface area (TPSA) is 84.2 Å². The van der Waals surface area contributed by atoms with Crippen molar-refractivity contribution in [2.45, 2.75) is 0 Å². The van der Waals surface area contributed by atoms with Crippen LogP contribution in [0.3, 0.4) is 0 Å². The van der Waals surface area contributed by atoms with Crippen LogP contribution in [0.1, 0.15) is 5.69 Å². The number of hydrogen-bond acceptors (Lipinski definition) is 7. The maximum atomic E-state index is 11.0. The van der Waals surface area contributed by atoms with E-state index in [2.05, 4.69) is 19.9 Å². The summed E-state index contributed by atoms with van der Waals surface area (Å²) in [5.74, 6) is -1.16. The fraction of sp³-hybridized carbons (Fsp3) is 0.500. The molecule has 0 aliphatic carbocycles. The number of oxime groups is 1. The maximum absolute atomic E-state index is 11.0. The van der Waals surface area contributed by atoms with Gasteiger partial charge in [-0.05, 0) is 0 Å². The van der Waals surface area contributed by atoms with Gasteiger partial charge >= 0.3 is 5.97 Å². The average molecular weight is 271 g/mol. The van der Waals surface area contributed by atoms with Crippen molar-refractivity contribution in [2.24, 2.45) is 5.16 Å².